The van der Waals surface area contributed by atoms with Crippen LogP contribution in [0.5, 0.6) is 0 Å². The van der Waals surface area contributed by atoms with Gasteiger partial charge in [0.15, 0.2) is 0 Å². The van der Waals surface area contributed by atoms with Gasteiger partial charge >= 0.3 is 76.6 Å². The zero-order valence-electron chi connectivity index (χ0n) is 4.00. The van der Waals surface area contributed by atoms with E-state index in [0.29, 0.717) is 0 Å². The number of hydrogen-bond donors (Lipinski definition) is 0. The Morgan fingerprint density at radius 3 is 1.71 bits per heavy atom. The van der Waals surface area contributed by atoms with Crippen LogP contribution in [0.2, 0.25) is 0 Å². The van der Waals surface area contributed by atoms with Gasteiger partial charge in [0.1, 0.15) is 0 Å². The van der Waals surface area contributed by atoms with Crippen molar-refractivity contribution in [1.29, 1.82) is 0 Å². The Morgan fingerprint density at radius 2 is 1.71 bits per heavy atom. The van der Waals surface area contributed by atoms with E-state index >= 15 is 0 Å². The molecule has 0 aliphatic carbocycles. The monoisotopic (exact) mass is 196 g/mol. The Morgan fingerprint density at radius 1 is 1.71 bits per heavy atom. The zero-order chi connectivity index (χ0) is 5.58. The van der Waals surface area contributed by atoms with E-state index in [1.807, 2.05) is 0 Å². The van der Waals surface area contributed by atoms with Gasteiger partial charge < -0.3 is 9.90 Å². The number of carboxylic acid groups (broad SMARTS) is 1. The first-order valence-electron chi connectivity index (χ1n) is 1.02. The number of carbonyl (C=O) groups excluding carboxylic acids is 1. The van der Waals surface area contributed by atoms with Crippen LogP contribution in [0.3, 0.4) is 0 Å². The number of rotatable bonds is 0. The van der Waals surface area contributed by atoms with Crippen molar-refractivity contribution in [3.8, 4) is 0 Å². The minimum absolute atomic E-state index is 0. The molecule has 0 heterocycles. The molecule has 2 nitrogen and oxygen atoms in total. The van der Waals surface area contributed by atoms with Crippen molar-refractivity contribution < 1.29 is 76.4 Å². The van der Waals surface area contributed by atoms with Gasteiger partial charge in [-0.2, -0.15) is 0 Å². The van der Waals surface area contributed by atoms with E-state index in [1.54, 1.807) is 0 Å². The first kappa shape index (κ1) is 16.0. The van der Waals surface area contributed by atoms with E-state index in [0.717, 1.165) is 6.92 Å². The summed E-state index contributed by atoms with van der Waals surface area (Å²) in [5.41, 5.74) is 0. The first-order valence-corrected chi connectivity index (χ1v) is 2.32. The maximum Gasteiger partial charge on any atom is 1.00 e. The van der Waals surface area contributed by atoms with Gasteiger partial charge in [-0.25, -0.2) is 0 Å². The summed E-state index contributed by atoms with van der Waals surface area (Å²) in [5, 5.41) is 8.89. The van der Waals surface area contributed by atoms with Gasteiger partial charge in [0.2, 0.25) is 0 Å². The van der Waals surface area contributed by atoms with Crippen molar-refractivity contribution in [2.24, 2.45) is 0 Å². The molecule has 0 aromatic carbocycles. The fourth-order valence-electron chi connectivity index (χ4n) is 0. The Kier molecular flexibility index (Phi) is 35.7. The Balaban J connectivity index is -0.0000000480. The normalized spacial score (nSPS) is 4.57. The fraction of sp³-hybridized carbons (Fsp3) is 0.500. The molecule has 0 aliphatic heterocycles. The van der Waals surface area contributed by atoms with Crippen LogP contribution in [0.4, 0.5) is 0 Å². The molecule has 0 aliphatic rings. The van der Waals surface area contributed by atoms with Crippen LogP contribution in [0.1, 0.15) is 6.92 Å². The summed E-state index contributed by atoms with van der Waals surface area (Å²) in [6.07, 6.45) is 0. The van der Waals surface area contributed by atoms with Crippen LogP contribution in [-0.2, 0) is 19.9 Å². The third kappa shape index (κ3) is 75.5. The maximum atomic E-state index is 8.89. The molecule has 0 spiro atoms. The molecule has 0 bridgehead atoms. The molecular formula is C2H3ClCuKO2. The summed E-state index contributed by atoms with van der Waals surface area (Å²) in [7, 11) is 4.20. The van der Waals surface area contributed by atoms with Crippen LogP contribution in [0, 0.1) is 0 Å². The number of halogens is 1. The van der Waals surface area contributed by atoms with Crippen LogP contribution < -0.4 is 56.5 Å². The predicted octanol–water partition coefficient (Wildman–Crippen LogP) is -3.55. The second kappa shape index (κ2) is 15.7. The second-order valence-electron chi connectivity index (χ2n) is 0.492. The average molecular weight is 197 g/mol. The van der Waals surface area contributed by atoms with Gasteiger partial charge in [-0.3, -0.25) is 0 Å². The summed E-state index contributed by atoms with van der Waals surface area (Å²) >= 11 is 3.66. The van der Waals surface area contributed by atoms with Crippen molar-refractivity contribution in [3.05, 3.63) is 0 Å². The van der Waals surface area contributed by atoms with E-state index in [9.17, 15) is 0 Å². The van der Waals surface area contributed by atoms with Crippen LogP contribution in [0.25, 0.3) is 0 Å². The maximum absolute atomic E-state index is 8.89. The van der Waals surface area contributed by atoms with E-state index < -0.39 is 5.97 Å². The largest absolute Gasteiger partial charge is 1.00 e. The smallest absolute Gasteiger partial charge is 1.00 e. The van der Waals surface area contributed by atoms with Crippen molar-refractivity contribution in [1.82, 2.24) is 0 Å². The third-order valence-electron chi connectivity index (χ3n) is 0. The molecule has 7 heavy (non-hydrogen) atoms. The number of carboxylic acids is 1. The number of carbonyl (C=O) groups is 1. The quantitative estimate of drug-likeness (QED) is 0.377. The standard InChI is InChI=1S/C2H4O2.ClH.Cu.K/c1-2(3)4;;;/h1H3,(H,3,4);1H;;/q;;2*+1/p-2. The molecule has 42 valence electrons. The van der Waals surface area contributed by atoms with E-state index in [2.05, 4.69) is 25.2 Å². The molecule has 0 atom stereocenters. The zero-order valence-corrected chi connectivity index (χ0v) is 8.82. The minimum atomic E-state index is -1.08. The van der Waals surface area contributed by atoms with Gasteiger partial charge in [0.05, 0.1) is 0 Å². The fourth-order valence-corrected chi connectivity index (χ4v) is 0. The summed E-state index contributed by atoms with van der Waals surface area (Å²) < 4.78 is 0. The molecule has 0 radical (unpaired) electrons. The molecule has 0 unspecified atom stereocenters. The second-order valence-corrected chi connectivity index (χ2v) is 0.492. The molecule has 5 heteroatoms. The van der Waals surface area contributed by atoms with Gasteiger partial charge in [-0.05, 0) is 6.92 Å². The molecule has 0 saturated heterocycles. The molecule has 0 aromatic heterocycles. The van der Waals surface area contributed by atoms with Gasteiger partial charge in [-0.1, -0.05) is 0 Å². The third-order valence-corrected chi connectivity index (χ3v) is 0. The molecule has 0 N–H and O–H groups in total. The summed E-state index contributed by atoms with van der Waals surface area (Å²) in [6.45, 7) is 0.972. The Hall–Kier alpha value is 1.92. The molecule has 0 amide bonds. The van der Waals surface area contributed by atoms with E-state index in [1.165, 1.54) is 0 Å². The van der Waals surface area contributed by atoms with Crippen LogP contribution >= 0.6 is 10.1 Å². The topological polar surface area (TPSA) is 40.1 Å². The summed E-state index contributed by atoms with van der Waals surface area (Å²) in [4.78, 5) is 8.89. The first-order chi connectivity index (χ1) is 2.73. The van der Waals surface area contributed by atoms with Crippen molar-refractivity contribution in [3.63, 3.8) is 0 Å². The molecule has 0 aromatic rings. The van der Waals surface area contributed by atoms with Crippen molar-refractivity contribution in [2.45, 2.75) is 6.92 Å². The summed E-state index contributed by atoms with van der Waals surface area (Å²) in [5.74, 6) is -1.08. The van der Waals surface area contributed by atoms with Crippen LogP contribution in [0.15, 0.2) is 0 Å². The van der Waals surface area contributed by atoms with E-state index in [4.69, 9.17) is 9.90 Å². The van der Waals surface area contributed by atoms with Crippen molar-refractivity contribution in [2.75, 3.05) is 0 Å². The van der Waals surface area contributed by atoms with E-state index in [-0.39, 0.29) is 51.4 Å². The van der Waals surface area contributed by atoms with Gasteiger partial charge in [0, 0.05) is 5.97 Å². The minimum Gasteiger partial charge on any atom is 1.00 e. The van der Waals surface area contributed by atoms with Crippen LogP contribution in [-0.4, -0.2) is 5.97 Å². The Bertz CT molecular complexity index is 38.7. The van der Waals surface area contributed by atoms with Crippen molar-refractivity contribution >= 4 is 16.1 Å². The SMILES string of the molecule is CC(=O)[O-].[Cl][Cu].[K+]. The van der Waals surface area contributed by atoms with Gasteiger partial charge in [-0.15, -0.1) is 0 Å². The molecular weight excluding hydrogens is 194 g/mol. The molecule has 0 fully saturated rings. The predicted molar refractivity (Wildman–Crippen MR) is 16.5 cm³/mol. The molecule has 0 saturated carbocycles. The Labute approximate surface area is 97.5 Å². The number of hydrogen-bond acceptors (Lipinski definition) is 2. The number of aliphatic carboxylic acids is 1. The van der Waals surface area contributed by atoms with Gasteiger partial charge in [0.25, 0.3) is 0 Å². The average Bonchev–Trinajstić information content (AvgIpc) is 1.41. The molecule has 0 rings (SSSR count). The summed E-state index contributed by atoms with van der Waals surface area (Å²) in [6, 6.07) is 0.